The lowest BCUT2D eigenvalue weighted by atomic mass is 9.84. The van der Waals surface area contributed by atoms with Crippen molar-refractivity contribution in [3.8, 4) is 0 Å². The van der Waals surface area contributed by atoms with Crippen molar-refractivity contribution in [1.82, 2.24) is 4.90 Å². The maximum Gasteiger partial charge on any atom is 0.256 e. The van der Waals surface area contributed by atoms with Gasteiger partial charge < -0.3 is 10.6 Å². The van der Waals surface area contributed by atoms with Crippen LogP contribution in [0.1, 0.15) is 61.2 Å². The summed E-state index contributed by atoms with van der Waals surface area (Å²) in [7, 11) is 0. The summed E-state index contributed by atoms with van der Waals surface area (Å²) < 4.78 is 0. The number of rotatable bonds is 3. The average molecular weight is 322 g/mol. The first-order valence-electron chi connectivity index (χ1n) is 8.61. The molecule has 0 saturated heterocycles. The number of hydrogen-bond donors (Lipinski definition) is 1. The highest BCUT2D eigenvalue weighted by Crippen LogP contribution is 2.40. The van der Waals surface area contributed by atoms with Crippen LogP contribution in [0.4, 0.5) is 0 Å². The van der Waals surface area contributed by atoms with E-state index >= 15 is 0 Å². The standard InChI is InChI=1S/C21H26N2O/c1-5-14-23-19(24)17-8-6-7-9-18(17)21(23,22)16-12-10-15(11-13-16)20(2,3)4/h6-13H,5,14,22H2,1-4H3. The molecule has 126 valence electrons. The zero-order valence-corrected chi connectivity index (χ0v) is 15.0. The molecule has 0 spiro atoms. The molecule has 0 fully saturated rings. The third-order valence-electron chi connectivity index (χ3n) is 4.88. The fourth-order valence-electron chi connectivity index (χ4n) is 3.49. The minimum atomic E-state index is -0.889. The molecule has 1 aliphatic rings. The maximum absolute atomic E-state index is 12.8. The van der Waals surface area contributed by atoms with E-state index in [9.17, 15) is 4.79 Å². The Morgan fingerprint density at radius 1 is 1.04 bits per heavy atom. The monoisotopic (exact) mass is 322 g/mol. The number of carbonyl (C=O) groups excluding carboxylic acids is 1. The summed E-state index contributed by atoms with van der Waals surface area (Å²) in [6.45, 7) is 9.29. The molecule has 1 atom stereocenters. The van der Waals surface area contributed by atoms with Crippen LogP contribution >= 0.6 is 0 Å². The largest absolute Gasteiger partial charge is 0.312 e. The highest BCUT2D eigenvalue weighted by Gasteiger charge is 2.47. The van der Waals surface area contributed by atoms with Gasteiger partial charge >= 0.3 is 0 Å². The Bertz CT molecular complexity index is 758. The zero-order chi connectivity index (χ0) is 17.5. The van der Waals surface area contributed by atoms with Crippen LogP contribution in [0.15, 0.2) is 48.5 Å². The van der Waals surface area contributed by atoms with Gasteiger partial charge in [-0.2, -0.15) is 0 Å². The predicted octanol–water partition coefficient (Wildman–Crippen LogP) is 4.01. The highest BCUT2D eigenvalue weighted by atomic mass is 16.2. The van der Waals surface area contributed by atoms with E-state index in [1.54, 1.807) is 0 Å². The van der Waals surface area contributed by atoms with E-state index in [1.165, 1.54) is 5.56 Å². The molecule has 1 aliphatic heterocycles. The average Bonchev–Trinajstić information content (AvgIpc) is 2.78. The molecule has 2 N–H and O–H groups in total. The van der Waals surface area contributed by atoms with Gasteiger partial charge in [-0.15, -0.1) is 0 Å². The van der Waals surface area contributed by atoms with Crippen molar-refractivity contribution in [2.24, 2.45) is 5.73 Å². The molecule has 1 unspecified atom stereocenters. The van der Waals surface area contributed by atoms with Gasteiger partial charge in [0.2, 0.25) is 0 Å². The first kappa shape index (κ1) is 16.7. The topological polar surface area (TPSA) is 46.3 Å². The summed E-state index contributed by atoms with van der Waals surface area (Å²) in [6.07, 6.45) is 0.874. The molecular weight excluding hydrogens is 296 g/mol. The fraction of sp³-hybridized carbons (Fsp3) is 0.381. The van der Waals surface area contributed by atoms with Crippen molar-refractivity contribution in [1.29, 1.82) is 0 Å². The number of nitrogens with two attached hydrogens (primary N) is 1. The molecule has 1 amide bonds. The van der Waals surface area contributed by atoms with Crippen LogP contribution in [0, 0.1) is 0 Å². The second-order valence-electron chi connectivity index (χ2n) is 7.60. The molecule has 0 aromatic heterocycles. The quantitative estimate of drug-likeness (QED) is 0.928. The van der Waals surface area contributed by atoms with Gasteiger partial charge in [-0.1, -0.05) is 70.2 Å². The van der Waals surface area contributed by atoms with Crippen LogP contribution in [0.25, 0.3) is 0 Å². The minimum Gasteiger partial charge on any atom is -0.312 e. The number of benzene rings is 2. The fourth-order valence-corrected chi connectivity index (χ4v) is 3.49. The van der Waals surface area contributed by atoms with Crippen molar-refractivity contribution < 1.29 is 4.79 Å². The van der Waals surface area contributed by atoms with Crippen LogP contribution < -0.4 is 5.73 Å². The summed E-state index contributed by atoms with van der Waals surface area (Å²) in [5.41, 5.74) is 9.91. The molecule has 1 heterocycles. The van der Waals surface area contributed by atoms with E-state index in [1.807, 2.05) is 29.2 Å². The summed E-state index contributed by atoms with van der Waals surface area (Å²) in [5, 5.41) is 0. The first-order chi connectivity index (χ1) is 11.3. The molecular formula is C21H26N2O. The number of hydrogen-bond acceptors (Lipinski definition) is 2. The van der Waals surface area contributed by atoms with Crippen molar-refractivity contribution in [2.45, 2.75) is 45.2 Å². The van der Waals surface area contributed by atoms with Gasteiger partial charge in [0, 0.05) is 17.7 Å². The van der Waals surface area contributed by atoms with Gasteiger partial charge in [0.05, 0.1) is 0 Å². The van der Waals surface area contributed by atoms with Crippen LogP contribution in [-0.4, -0.2) is 17.4 Å². The second kappa shape index (κ2) is 5.75. The van der Waals surface area contributed by atoms with Crippen molar-refractivity contribution >= 4 is 5.91 Å². The lowest BCUT2D eigenvalue weighted by molar-refractivity contribution is 0.0633. The molecule has 24 heavy (non-hydrogen) atoms. The van der Waals surface area contributed by atoms with E-state index in [-0.39, 0.29) is 11.3 Å². The van der Waals surface area contributed by atoms with Gasteiger partial charge in [-0.3, -0.25) is 4.79 Å². The lowest BCUT2D eigenvalue weighted by Crippen LogP contribution is -2.52. The SMILES string of the molecule is CCCN1C(=O)c2ccccc2C1(N)c1ccc(C(C)(C)C)cc1. The highest BCUT2D eigenvalue weighted by molar-refractivity contribution is 6.00. The molecule has 0 radical (unpaired) electrons. The molecule has 0 saturated carbocycles. The predicted molar refractivity (Wildman–Crippen MR) is 97.9 cm³/mol. The second-order valence-corrected chi connectivity index (χ2v) is 7.60. The molecule has 2 aromatic carbocycles. The van der Waals surface area contributed by atoms with Gasteiger partial charge in [-0.25, -0.2) is 0 Å². The van der Waals surface area contributed by atoms with Crippen molar-refractivity contribution in [3.63, 3.8) is 0 Å². The number of carbonyl (C=O) groups is 1. The van der Waals surface area contributed by atoms with Gasteiger partial charge in [-0.05, 0) is 29.0 Å². The van der Waals surface area contributed by atoms with Crippen molar-refractivity contribution in [3.05, 3.63) is 70.8 Å². The minimum absolute atomic E-state index is 0.0230. The maximum atomic E-state index is 12.8. The first-order valence-corrected chi connectivity index (χ1v) is 8.61. The van der Waals surface area contributed by atoms with Crippen molar-refractivity contribution in [2.75, 3.05) is 6.54 Å². The van der Waals surface area contributed by atoms with Crippen LogP contribution in [0.3, 0.4) is 0 Å². The molecule has 3 heteroatoms. The van der Waals surface area contributed by atoms with Gasteiger partial charge in [0.25, 0.3) is 5.91 Å². The summed E-state index contributed by atoms with van der Waals surface area (Å²) in [6, 6.07) is 16.1. The Morgan fingerprint density at radius 3 is 2.25 bits per heavy atom. The third-order valence-corrected chi connectivity index (χ3v) is 4.88. The summed E-state index contributed by atoms with van der Waals surface area (Å²) in [4.78, 5) is 14.7. The van der Waals surface area contributed by atoms with E-state index in [2.05, 4.69) is 52.0 Å². The summed E-state index contributed by atoms with van der Waals surface area (Å²) in [5.74, 6) is 0.0230. The molecule has 2 aromatic rings. The normalized spacial score (nSPS) is 20.4. The van der Waals surface area contributed by atoms with Crippen LogP contribution in [0.5, 0.6) is 0 Å². The Kier molecular flexibility index (Phi) is 4.00. The Balaban J connectivity index is 2.14. The molecule has 0 bridgehead atoms. The van der Waals surface area contributed by atoms with E-state index < -0.39 is 5.66 Å². The third kappa shape index (κ3) is 2.44. The molecule has 3 rings (SSSR count). The Labute approximate surface area is 144 Å². The number of nitrogens with zero attached hydrogens (tertiary/aromatic N) is 1. The number of fused-ring (bicyclic) bond motifs is 1. The van der Waals surface area contributed by atoms with E-state index in [0.29, 0.717) is 12.1 Å². The Hall–Kier alpha value is -2.13. The molecule has 3 nitrogen and oxygen atoms in total. The Morgan fingerprint density at radius 2 is 1.67 bits per heavy atom. The zero-order valence-electron chi connectivity index (χ0n) is 15.0. The lowest BCUT2D eigenvalue weighted by Gasteiger charge is -2.36. The van der Waals surface area contributed by atoms with Crippen LogP contribution in [-0.2, 0) is 11.1 Å². The van der Waals surface area contributed by atoms with Crippen LogP contribution in [0.2, 0.25) is 0 Å². The smallest absolute Gasteiger partial charge is 0.256 e. The summed E-state index contributed by atoms with van der Waals surface area (Å²) >= 11 is 0. The molecule has 0 aliphatic carbocycles. The van der Waals surface area contributed by atoms with E-state index in [0.717, 1.165) is 17.5 Å². The number of amides is 1. The van der Waals surface area contributed by atoms with E-state index in [4.69, 9.17) is 5.73 Å². The van der Waals surface area contributed by atoms with Gasteiger partial charge in [0.15, 0.2) is 0 Å². The van der Waals surface area contributed by atoms with Gasteiger partial charge in [0.1, 0.15) is 5.66 Å².